The van der Waals surface area contributed by atoms with E-state index >= 15 is 0 Å². The van der Waals surface area contributed by atoms with Crippen molar-refractivity contribution in [3.05, 3.63) is 24.3 Å². The summed E-state index contributed by atoms with van der Waals surface area (Å²) in [6.07, 6.45) is 2.63. The molecule has 17 heavy (non-hydrogen) atoms. The Morgan fingerprint density at radius 1 is 1.35 bits per heavy atom. The van der Waals surface area contributed by atoms with Gasteiger partial charge in [-0.1, -0.05) is 0 Å². The summed E-state index contributed by atoms with van der Waals surface area (Å²) in [5, 5.41) is 0. The predicted molar refractivity (Wildman–Crippen MR) is 72.3 cm³/mol. The number of hydrogen-bond donors (Lipinski definition) is 1. The molecule has 1 atom stereocenters. The monoisotopic (exact) mass is 234 g/mol. The molecular weight excluding hydrogens is 212 g/mol. The summed E-state index contributed by atoms with van der Waals surface area (Å²) in [6, 6.07) is 7.97. The van der Waals surface area contributed by atoms with E-state index < -0.39 is 0 Å². The number of nitrogens with two attached hydrogens (primary N) is 1. The molecule has 0 amide bonds. The van der Waals surface area contributed by atoms with E-state index in [1.54, 1.807) is 0 Å². The van der Waals surface area contributed by atoms with Crippen LogP contribution in [0.4, 0.5) is 11.4 Å². The van der Waals surface area contributed by atoms with E-state index in [0.717, 1.165) is 25.1 Å². The first-order valence-corrected chi connectivity index (χ1v) is 6.21. The van der Waals surface area contributed by atoms with Gasteiger partial charge in [-0.15, -0.1) is 0 Å². The van der Waals surface area contributed by atoms with Gasteiger partial charge in [0.15, 0.2) is 0 Å². The van der Waals surface area contributed by atoms with Gasteiger partial charge in [-0.05, 0) is 51.0 Å². The molecule has 1 saturated heterocycles. The molecule has 1 aromatic rings. The third-order valence-electron chi connectivity index (χ3n) is 3.37. The van der Waals surface area contributed by atoms with E-state index in [1.807, 2.05) is 12.1 Å². The third-order valence-corrected chi connectivity index (χ3v) is 3.37. The normalized spacial score (nSPS) is 22.6. The standard InChI is InChI=1S/C14H22N2O/c1-14(2)9-8-13(17-14)10-16(3)12-6-4-11(15)5-7-12/h4-7,13H,8-10,15H2,1-3H3. The molecule has 1 unspecified atom stereocenters. The Balaban J connectivity index is 1.93. The molecule has 0 bridgehead atoms. The zero-order chi connectivity index (χ0) is 12.5. The van der Waals surface area contributed by atoms with E-state index in [4.69, 9.17) is 10.5 Å². The minimum atomic E-state index is 0.0482. The van der Waals surface area contributed by atoms with Gasteiger partial charge in [0.25, 0.3) is 0 Å². The highest BCUT2D eigenvalue weighted by molar-refractivity contribution is 5.52. The van der Waals surface area contributed by atoms with Crippen molar-refractivity contribution < 1.29 is 4.74 Å². The van der Waals surface area contributed by atoms with E-state index in [-0.39, 0.29) is 5.60 Å². The third kappa shape index (κ3) is 3.13. The van der Waals surface area contributed by atoms with Crippen LogP contribution in [0.1, 0.15) is 26.7 Å². The van der Waals surface area contributed by atoms with Gasteiger partial charge in [-0.2, -0.15) is 0 Å². The van der Waals surface area contributed by atoms with Crippen LogP contribution in [-0.2, 0) is 4.74 Å². The second kappa shape index (κ2) is 4.57. The predicted octanol–water partition coefficient (Wildman–Crippen LogP) is 2.66. The second-order valence-corrected chi connectivity index (χ2v) is 5.51. The lowest BCUT2D eigenvalue weighted by molar-refractivity contribution is -0.0111. The van der Waals surface area contributed by atoms with Crippen LogP contribution in [0, 0.1) is 0 Å². The van der Waals surface area contributed by atoms with Gasteiger partial charge < -0.3 is 15.4 Å². The number of nitrogen functional groups attached to an aromatic ring is 1. The topological polar surface area (TPSA) is 38.5 Å². The zero-order valence-corrected chi connectivity index (χ0v) is 10.9. The van der Waals surface area contributed by atoms with Crippen LogP contribution >= 0.6 is 0 Å². The summed E-state index contributed by atoms with van der Waals surface area (Å²) in [5.74, 6) is 0. The SMILES string of the molecule is CN(CC1CCC(C)(C)O1)c1ccc(N)cc1. The molecule has 0 saturated carbocycles. The molecule has 1 aromatic carbocycles. The molecule has 0 aromatic heterocycles. The van der Waals surface area contributed by atoms with Crippen LogP contribution in [0.15, 0.2) is 24.3 Å². The molecule has 1 aliphatic heterocycles. The van der Waals surface area contributed by atoms with Crippen molar-refractivity contribution in [2.75, 3.05) is 24.2 Å². The first-order chi connectivity index (χ1) is 7.96. The maximum absolute atomic E-state index is 6.00. The Hall–Kier alpha value is -1.22. The van der Waals surface area contributed by atoms with Crippen LogP contribution in [0.5, 0.6) is 0 Å². The van der Waals surface area contributed by atoms with Crippen LogP contribution in [0.3, 0.4) is 0 Å². The van der Waals surface area contributed by atoms with Crippen LogP contribution in [0.2, 0.25) is 0 Å². The molecule has 0 spiro atoms. The van der Waals surface area contributed by atoms with Crippen LogP contribution in [0.25, 0.3) is 0 Å². The number of anilines is 2. The summed E-state index contributed by atoms with van der Waals surface area (Å²) in [6.45, 7) is 5.26. The fourth-order valence-corrected chi connectivity index (χ4v) is 2.35. The quantitative estimate of drug-likeness (QED) is 0.817. The highest BCUT2D eigenvalue weighted by Gasteiger charge is 2.32. The lowest BCUT2D eigenvalue weighted by Crippen LogP contribution is -2.30. The lowest BCUT2D eigenvalue weighted by atomic mass is 10.1. The number of likely N-dealkylation sites (N-methyl/N-ethyl adjacent to an activating group) is 1. The molecule has 2 N–H and O–H groups in total. The number of nitrogens with zero attached hydrogens (tertiary/aromatic N) is 1. The summed E-state index contributed by atoms with van der Waals surface area (Å²) in [5.41, 5.74) is 7.72. The van der Waals surface area contributed by atoms with Crippen LogP contribution < -0.4 is 10.6 Å². The average molecular weight is 234 g/mol. The Kier molecular flexibility index (Phi) is 3.29. The van der Waals surface area contributed by atoms with Gasteiger partial charge >= 0.3 is 0 Å². The molecule has 1 fully saturated rings. The minimum Gasteiger partial charge on any atom is -0.399 e. The van der Waals surface area contributed by atoms with Gasteiger partial charge in [-0.25, -0.2) is 0 Å². The van der Waals surface area contributed by atoms with Gasteiger partial charge in [0.2, 0.25) is 0 Å². The summed E-state index contributed by atoms with van der Waals surface area (Å²) in [7, 11) is 2.10. The molecule has 3 nitrogen and oxygen atoms in total. The molecule has 3 heteroatoms. The van der Waals surface area contributed by atoms with E-state index in [0.29, 0.717) is 6.10 Å². The Morgan fingerprint density at radius 2 is 2.00 bits per heavy atom. The van der Waals surface area contributed by atoms with Crippen molar-refractivity contribution in [1.82, 2.24) is 0 Å². The molecule has 1 aliphatic rings. The molecule has 1 heterocycles. The molecule has 94 valence electrons. The molecular formula is C14H22N2O. The van der Waals surface area contributed by atoms with Crippen molar-refractivity contribution in [2.45, 2.75) is 38.4 Å². The molecule has 0 radical (unpaired) electrons. The number of ether oxygens (including phenoxy) is 1. The maximum atomic E-state index is 6.00. The Labute approximate surface area is 104 Å². The van der Waals surface area contributed by atoms with E-state index in [1.165, 1.54) is 5.69 Å². The van der Waals surface area contributed by atoms with Crippen molar-refractivity contribution >= 4 is 11.4 Å². The van der Waals surface area contributed by atoms with Crippen molar-refractivity contribution in [1.29, 1.82) is 0 Å². The largest absolute Gasteiger partial charge is 0.399 e. The summed E-state index contributed by atoms with van der Waals surface area (Å²) < 4.78 is 6.00. The summed E-state index contributed by atoms with van der Waals surface area (Å²) in [4.78, 5) is 2.23. The van der Waals surface area contributed by atoms with Crippen molar-refractivity contribution in [2.24, 2.45) is 0 Å². The first-order valence-electron chi connectivity index (χ1n) is 6.21. The van der Waals surface area contributed by atoms with E-state index in [2.05, 4.69) is 37.9 Å². The van der Waals surface area contributed by atoms with Crippen LogP contribution in [-0.4, -0.2) is 25.3 Å². The maximum Gasteiger partial charge on any atom is 0.0758 e. The molecule has 2 rings (SSSR count). The first kappa shape index (κ1) is 12.2. The fourth-order valence-electron chi connectivity index (χ4n) is 2.35. The smallest absolute Gasteiger partial charge is 0.0758 e. The minimum absolute atomic E-state index is 0.0482. The van der Waals surface area contributed by atoms with Gasteiger partial charge in [0.1, 0.15) is 0 Å². The Morgan fingerprint density at radius 3 is 2.53 bits per heavy atom. The lowest BCUT2D eigenvalue weighted by Gasteiger charge is -2.25. The highest BCUT2D eigenvalue weighted by Crippen LogP contribution is 2.30. The summed E-state index contributed by atoms with van der Waals surface area (Å²) >= 11 is 0. The molecule has 0 aliphatic carbocycles. The highest BCUT2D eigenvalue weighted by atomic mass is 16.5. The van der Waals surface area contributed by atoms with Gasteiger partial charge in [-0.3, -0.25) is 0 Å². The van der Waals surface area contributed by atoms with Gasteiger partial charge in [0, 0.05) is 25.0 Å². The van der Waals surface area contributed by atoms with E-state index in [9.17, 15) is 0 Å². The number of hydrogen-bond acceptors (Lipinski definition) is 3. The number of benzene rings is 1. The number of rotatable bonds is 3. The average Bonchev–Trinajstić information content (AvgIpc) is 2.59. The Bertz CT molecular complexity index is 372. The fraction of sp³-hybridized carbons (Fsp3) is 0.571. The van der Waals surface area contributed by atoms with Crippen molar-refractivity contribution in [3.63, 3.8) is 0 Å². The van der Waals surface area contributed by atoms with Crippen molar-refractivity contribution in [3.8, 4) is 0 Å². The zero-order valence-electron chi connectivity index (χ0n) is 10.9. The van der Waals surface area contributed by atoms with Gasteiger partial charge in [0.05, 0.1) is 11.7 Å². The second-order valence-electron chi connectivity index (χ2n) is 5.51.